The van der Waals surface area contributed by atoms with Crippen molar-refractivity contribution in [3.8, 4) is 5.88 Å². The van der Waals surface area contributed by atoms with Crippen LogP contribution in [0.2, 0.25) is 0 Å². The summed E-state index contributed by atoms with van der Waals surface area (Å²) in [5.74, 6) is 4.68. The second-order valence-corrected chi connectivity index (χ2v) is 4.93. The van der Waals surface area contributed by atoms with Crippen molar-refractivity contribution in [2.75, 3.05) is 23.4 Å². The lowest BCUT2D eigenvalue weighted by Crippen LogP contribution is -2.19. The maximum atomic E-state index is 5.40. The highest BCUT2D eigenvalue weighted by Crippen LogP contribution is 2.22. The van der Waals surface area contributed by atoms with Gasteiger partial charge in [-0.05, 0) is 26.0 Å². The van der Waals surface area contributed by atoms with E-state index in [9.17, 15) is 0 Å². The second kappa shape index (κ2) is 5.39. The number of hydrogen-bond acceptors (Lipinski definition) is 5. The van der Waals surface area contributed by atoms with Crippen LogP contribution >= 0.6 is 11.8 Å². The first-order valence-corrected chi connectivity index (χ1v) is 6.76. The molecule has 88 valence electrons. The van der Waals surface area contributed by atoms with E-state index in [-0.39, 0.29) is 0 Å². The molecule has 0 amide bonds. The lowest BCUT2D eigenvalue weighted by Gasteiger charge is -2.13. The summed E-state index contributed by atoms with van der Waals surface area (Å²) in [4.78, 5) is 8.59. The number of thioether (sulfide) groups is 1. The maximum Gasteiger partial charge on any atom is 0.218 e. The molecule has 0 saturated carbocycles. The summed E-state index contributed by atoms with van der Waals surface area (Å²) in [7, 11) is 0. The van der Waals surface area contributed by atoms with Crippen LogP contribution in [0.25, 0.3) is 0 Å². The number of nitrogens with zero attached hydrogens (tertiary/aromatic N) is 2. The minimum Gasteiger partial charge on any atom is -0.478 e. The molecule has 1 aliphatic rings. The molecule has 1 aliphatic heterocycles. The van der Waals surface area contributed by atoms with Crippen molar-refractivity contribution in [1.82, 2.24) is 9.97 Å². The van der Waals surface area contributed by atoms with Crippen molar-refractivity contribution in [3.05, 3.63) is 11.9 Å². The third kappa shape index (κ3) is 3.01. The van der Waals surface area contributed by atoms with Crippen molar-refractivity contribution in [2.24, 2.45) is 0 Å². The Bertz CT molecular complexity index is 353. The van der Waals surface area contributed by atoms with Crippen molar-refractivity contribution < 1.29 is 4.74 Å². The van der Waals surface area contributed by atoms with Crippen LogP contribution in [0.4, 0.5) is 5.82 Å². The molecule has 5 heteroatoms. The molecule has 4 nitrogen and oxygen atoms in total. The van der Waals surface area contributed by atoms with Crippen molar-refractivity contribution in [2.45, 2.75) is 26.3 Å². The topological polar surface area (TPSA) is 47.0 Å². The summed E-state index contributed by atoms with van der Waals surface area (Å²) in [6.45, 7) is 4.48. The fourth-order valence-electron chi connectivity index (χ4n) is 1.69. The van der Waals surface area contributed by atoms with E-state index >= 15 is 0 Å². The molecule has 2 heterocycles. The van der Waals surface area contributed by atoms with Gasteiger partial charge in [0.25, 0.3) is 0 Å². The first-order chi connectivity index (χ1) is 7.78. The fourth-order valence-corrected chi connectivity index (χ4v) is 2.85. The molecule has 1 saturated heterocycles. The van der Waals surface area contributed by atoms with Crippen LogP contribution < -0.4 is 10.1 Å². The maximum absolute atomic E-state index is 5.40. The number of anilines is 1. The summed E-state index contributed by atoms with van der Waals surface area (Å²) in [5.41, 5.74) is 0. The molecule has 0 bridgehead atoms. The zero-order valence-corrected chi connectivity index (χ0v) is 10.5. The smallest absolute Gasteiger partial charge is 0.218 e. The van der Waals surface area contributed by atoms with Crippen LogP contribution in [0, 0.1) is 6.92 Å². The molecule has 1 aromatic rings. The Balaban J connectivity index is 2.06. The average Bonchev–Trinajstić information content (AvgIpc) is 2.70. The molecule has 1 aromatic heterocycles. The van der Waals surface area contributed by atoms with Crippen molar-refractivity contribution in [3.63, 3.8) is 0 Å². The van der Waals surface area contributed by atoms with Gasteiger partial charge in [0.15, 0.2) is 0 Å². The lowest BCUT2D eigenvalue weighted by atomic mass is 10.2. The molecule has 1 fully saturated rings. The monoisotopic (exact) mass is 239 g/mol. The van der Waals surface area contributed by atoms with Gasteiger partial charge in [-0.25, -0.2) is 4.98 Å². The number of aryl methyl sites for hydroxylation is 1. The minimum absolute atomic E-state index is 0.536. The van der Waals surface area contributed by atoms with Gasteiger partial charge in [-0.15, -0.1) is 0 Å². The van der Waals surface area contributed by atoms with E-state index in [2.05, 4.69) is 15.3 Å². The Morgan fingerprint density at radius 1 is 1.56 bits per heavy atom. The van der Waals surface area contributed by atoms with E-state index in [4.69, 9.17) is 4.74 Å². The number of hydrogen-bond donors (Lipinski definition) is 1. The first kappa shape index (κ1) is 11.5. The lowest BCUT2D eigenvalue weighted by molar-refractivity contribution is 0.325. The Morgan fingerprint density at radius 3 is 3.12 bits per heavy atom. The number of ether oxygens (including phenoxy) is 1. The highest BCUT2D eigenvalue weighted by atomic mass is 32.2. The Labute approximate surface area is 100 Å². The molecule has 16 heavy (non-hydrogen) atoms. The quantitative estimate of drug-likeness (QED) is 0.872. The third-order valence-corrected chi connectivity index (χ3v) is 3.55. The van der Waals surface area contributed by atoms with Gasteiger partial charge in [0.1, 0.15) is 11.6 Å². The summed E-state index contributed by atoms with van der Waals surface area (Å²) in [6.07, 6.45) is 1.21. The van der Waals surface area contributed by atoms with Gasteiger partial charge in [0, 0.05) is 17.9 Å². The molecular formula is C11H17N3OS. The predicted molar refractivity (Wildman–Crippen MR) is 67.3 cm³/mol. The second-order valence-electron chi connectivity index (χ2n) is 3.78. The van der Waals surface area contributed by atoms with E-state index in [0.717, 1.165) is 17.4 Å². The van der Waals surface area contributed by atoms with Crippen LogP contribution in [-0.2, 0) is 0 Å². The largest absolute Gasteiger partial charge is 0.478 e. The van der Waals surface area contributed by atoms with Gasteiger partial charge in [0.2, 0.25) is 5.88 Å². The highest BCUT2D eigenvalue weighted by molar-refractivity contribution is 7.99. The van der Waals surface area contributed by atoms with E-state index in [1.165, 1.54) is 12.2 Å². The van der Waals surface area contributed by atoms with Crippen molar-refractivity contribution in [1.29, 1.82) is 0 Å². The van der Waals surface area contributed by atoms with E-state index in [1.54, 1.807) is 0 Å². The molecule has 1 unspecified atom stereocenters. The first-order valence-electron chi connectivity index (χ1n) is 5.60. The van der Waals surface area contributed by atoms with Crippen LogP contribution in [0.15, 0.2) is 6.07 Å². The summed E-state index contributed by atoms with van der Waals surface area (Å²) < 4.78 is 5.40. The van der Waals surface area contributed by atoms with Gasteiger partial charge < -0.3 is 10.1 Å². The van der Waals surface area contributed by atoms with Gasteiger partial charge in [-0.1, -0.05) is 0 Å². The van der Waals surface area contributed by atoms with Crippen molar-refractivity contribution >= 4 is 17.6 Å². The summed E-state index contributed by atoms with van der Waals surface area (Å²) >= 11 is 1.98. The van der Waals surface area contributed by atoms with Gasteiger partial charge in [0.05, 0.1) is 6.61 Å². The van der Waals surface area contributed by atoms with Crippen LogP contribution in [0.1, 0.15) is 19.2 Å². The summed E-state index contributed by atoms with van der Waals surface area (Å²) in [6, 6.07) is 2.41. The SMILES string of the molecule is CCOc1cc(NC2CCSC2)nc(C)n1. The third-order valence-electron chi connectivity index (χ3n) is 2.39. The van der Waals surface area contributed by atoms with Crippen LogP contribution in [0.5, 0.6) is 5.88 Å². The minimum atomic E-state index is 0.536. The average molecular weight is 239 g/mol. The Morgan fingerprint density at radius 2 is 2.44 bits per heavy atom. The highest BCUT2D eigenvalue weighted by Gasteiger charge is 2.16. The Kier molecular flexibility index (Phi) is 3.88. The Hall–Kier alpha value is -0.970. The van der Waals surface area contributed by atoms with Crippen LogP contribution in [0.3, 0.4) is 0 Å². The number of nitrogens with one attached hydrogen (secondary N) is 1. The number of aromatic nitrogens is 2. The normalized spacial score (nSPS) is 19.8. The number of rotatable bonds is 4. The summed E-state index contributed by atoms with van der Waals surface area (Å²) in [5, 5.41) is 3.43. The van der Waals surface area contributed by atoms with Gasteiger partial charge in [-0.3, -0.25) is 0 Å². The van der Waals surface area contributed by atoms with E-state index in [0.29, 0.717) is 18.5 Å². The molecule has 0 spiro atoms. The van der Waals surface area contributed by atoms with E-state index in [1.807, 2.05) is 31.7 Å². The van der Waals surface area contributed by atoms with E-state index < -0.39 is 0 Å². The molecule has 1 N–H and O–H groups in total. The predicted octanol–water partition coefficient (Wildman–Crippen LogP) is 2.10. The molecule has 1 atom stereocenters. The van der Waals surface area contributed by atoms with Crippen LogP contribution in [-0.4, -0.2) is 34.1 Å². The molecule has 2 rings (SSSR count). The zero-order chi connectivity index (χ0) is 11.4. The fraction of sp³-hybridized carbons (Fsp3) is 0.636. The van der Waals surface area contributed by atoms with Gasteiger partial charge in [-0.2, -0.15) is 16.7 Å². The molecule has 0 aliphatic carbocycles. The molecule has 0 radical (unpaired) electrons. The van der Waals surface area contributed by atoms with Gasteiger partial charge >= 0.3 is 0 Å². The molecule has 0 aromatic carbocycles. The standard InChI is InChI=1S/C11H17N3OS/c1-3-15-11-6-10(12-8(2)13-11)14-9-4-5-16-7-9/h6,9H,3-5,7H2,1-2H3,(H,12,13,14). The zero-order valence-electron chi connectivity index (χ0n) is 9.69. The molecular weight excluding hydrogens is 222 g/mol.